The Balaban J connectivity index is 2.31. The third kappa shape index (κ3) is 4.18. The van der Waals surface area contributed by atoms with E-state index in [4.69, 9.17) is 5.11 Å². The number of carbonyl (C=O) groups excluding carboxylic acids is 1. The van der Waals surface area contributed by atoms with Crippen LogP contribution in [0.2, 0.25) is 0 Å². The summed E-state index contributed by atoms with van der Waals surface area (Å²) in [6, 6.07) is 0.346. The Bertz CT molecular complexity index is 191. The Morgan fingerprint density at radius 1 is 1.53 bits per heavy atom. The van der Waals surface area contributed by atoms with Crippen LogP contribution in [0.25, 0.3) is 0 Å². The lowest BCUT2D eigenvalue weighted by Gasteiger charge is -2.26. The maximum atomic E-state index is 11.8. The number of amides is 1. The molecule has 0 bridgehead atoms. The number of nitrogens with zero attached hydrogens (tertiary/aromatic N) is 1. The van der Waals surface area contributed by atoms with Crippen LogP contribution < -0.4 is 5.32 Å². The molecule has 1 amide bonds. The van der Waals surface area contributed by atoms with Gasteiger partial charge in [0.05, 0.1) is 6.61 Å². The summed E-state index contributed by atoms with van der Waals surface area (Å²) >= 11 is 0. The highest BCUT2D eigenvalue weighted by atomic mass is 16.3. The molecule has 1 aliphatic heterocycles. The molecule has 2 N–H and O–H groups in total. The van der Waals surface area contributed by atoms with E-state index in [2.05, 4.69) is 5.32 Å². The van der Waals surface area contributed by atoms with Crippen LogP contribution in [-0.2, 0) is 4.79 Å². The first kappa shape index (κ1) is 12.5. The number of nitrogens with one attached hydrogen (secondary N) is 1. The van der Waals surface area contributed by atoms with Gasteiger partial charge < -0.3 is 15.3 Å². The second kappa shape index (κ2) is 6.80. The van der Waals surface area contributed by atoms with E-state index in [-0.39, 0.29) is 12.5 Å². The average molecular weight is 214 g/mol. The molecule has 0 radical (unpaired) electrons. The van der Waals surface area contributed by atoms with Gasteiger partial charge >= 0.3 is 0 Å². The number of aliphatic hydroxyl groups is 1. The fourth-order valence-electron chi connectivity index (χ4n) is 2.02. The van der Waals surface area contributed by atoms with Gasteiger partial charge in [-0.2, -0.15) is 0 Å². The van der Waals surface area contributed by atoms with Gasteiger partial charge in [0.1, 0.15) is 0 Å². The fraction of sp³-hybridized carbons (Fsp3) is 0.909. The first-order chi connectivity index (χ1) is 7.27. The first-order valence-corrected chi connectivity index (χ1v) is 5.90. The molecule has 1 rings (SSSR count). The maximum Gasteiger partial charge on any atom is 0.224 e. The summed E-state index contributed by atoms with van der Waals surface area (Å²) < 4.78 is 0. The number of aliphatic hydroxyl groups excluding tert-OH is 1. The molecule has 1 saturated heterocycles. The Morgan fingerprint density at radius 2 is 2.33 bits per heavy atom. The predicted octanol–water partition coefficient (Wildman–Crippen LogP) is 0.359. The van der Waals surface area contributed by atoms with Crippen LogP contribution in [0, 0.1) is 0 Å². The maximum absolute atomic E-state index is 11.8. The lowest BCUT2D eigenvalue weighted by Crippen LogP contribution is -2.41. The number of piperidine rings is 1. The zero-order valence-corrected chi connectivity index (χ0v) is 9.54. The van der Waals surface area contributed by atoms with E-state index in [0.717, 1.165) is 13.0 Å². The lowest BCUT2D eigenvalue weighted by atomic mass is 10.0. The number of rotatable bonds is 5. The summed E-state index contributed by atoms with van der Waals surface area (Å²) in [6.45, 7) is 4.18. The molecule has 4 nitrogen and oxygen atoms in total. The van der Waals surface area contributed by atoms with Crippen LogP contribution in [0.15, 0.2) is 0 Å². The molecule has 0 spiro atoms. The van der Waals surface area contributed by atoms with Gasteiger partial charge in [0, 0.05) is 25.6 Å². The standard InChI is InChI=1S/C11H22N2O2/c1-2-13(7-8-14)11(15)9-10-5-3-4-6-12-10/h10,12,14H,2-9H2,1H3. The lowest BCUT2D eigenvalue weighted by molar-refractivity contribution is -0.132. The first-order valence-electron chi connectivity index (χ1n) is 5.90. The van der Waals surface area contributed by atoms with Gasteiger partial charge in [-0.25, -0.2) is 0 Å². The molecule has 4 heteroatoms. The second-order valence-corrected chi connectivity index (χ2v) is 4.05. The summed E-state index contributed by atoms with van der Waals surface area (Å²) in [6.07, 6.45) is 4.12. The molecule has 1 heterocycles. The summed E-state index contributed by atoms with van der Waals surface area (Å²) in [5.41, 5.74) is 0. The van der Waals surface area contributed by atoms with E-state index in [9.17, 15) is 4.79 Å². The molecule has 0 aromatic heterocycles. The zero-order valence-electron chi connectivity index (χ0n) is 9.54. The Kier molecular flexibility index (Phi) is 5.65. The van der Waals surface area contributed by atoms with Crippen molar-refractivity contribution < 1.29 is 9.90 Å². The Labute approximate surface area is 91.6 Å². The van der Waals surface area contributed by atoms with Crippen molar-refractivity contribution in [1.29, 1.82) is 0 Å². The molecule has 1 fully saturated rings. The van der Waals surface area contributed by atoms with Crippen molar-refractivity contribution in [2.75, 3.05) is 26.2 Å². The Hall–Kier alpha value is -0.610. The van der Waals surface area contributed by atoms with Crippen LogP contribution in [-0.4, -0.2) is 48.2 Å². The second-order valence-electron chi connectivity index (χ2n) is 4.05. The van der Waals surface area contributed by atoms with Gasteiger partial charge in [-0.15, -0.1) is 0 Å². The average Bonchev–Trinajstić information content (AvgIpc) is 2.27. The third-order valence-corrected chi connectivity index (χ3v) is 2.94. The number of hydrogen-bond donors (Lipinski definition) is 2. The quantitative estimate of drug-likeness (QED) is 0.695. The van der Waals surface area contributed by atoms with Gasteiger partial charge in [0.2, 0.25) is 5.91 Å². The van der Waals surface area contributed by atoms with Crippen LogP contribution >= 0.6 is 0 Å². The molecule has 0 saturated carbocycles. The van der Waals surface area contributed by atoms with E-state index in [1.54, 1.807) is 4.90 Å². The van der Waals surface area contributed by atoms with Crippen molar-refractivity contribution in [2.24, 2.45) is 0 Å². The van der Waals surface area contributed by atoms with E-state index in [1.807, 2.05) is 6.92 Å². The third-order valence-electron chi connectivity index (χ3n) is 2.94. The minimum atomic E-state index is 0.0532. The number of carbonyl (C=O) groups is 1. The minimum absolute atomic E-state index is 0.0532. The van der Waals surface area contributed by atoms with E-state index in [0.29, 0.717) is 25.6 Å². The van der Waals surface area contributed by atoms with E-state index in [1.165, 1.54) is 12.8 Å². The highest BCUT2D eigenvalue weighted by molar-refractivity contribution is 5.76. The predicted molar refractivity (Wildman–Crippen MR) is 59.6 cm³/mol. The van der Waals surface area contributed by atoms with Crippen LogP contribution in [0.5, 0.6) is 0 Å². The van der Waals surface area contributed by atoms with E-state index < -0.39 is 0 Å². The molecule has 1 atom stereocenters. The van der Waals surface area contributed by atoms with Crippen molar-refractivity contribution in [1.82, 2.24) is 10.2 Å². The molecule has 0 aliphatic carbocycles. The Morgan fingerprint density at radius 3 is 2.87 bits per heavy atom. The van der Waals surface area contributed by atoms with Gasteiger partial charge in [-0.3, -0.25) is 4.79 Å². The largest absolute Gasteiger partial charge is 0.395 e. The van der Waals surface area contributed by atoms with Crippen LogP contribution in [0.1, 0.15) is 32.6 Å². The number of hydrogen-bond acceptors (Lipinski definition) is 3. The van der Waals surface area contributed by atoms with Gasteiger partial charge in [-0.05, 0) is 26.3 Å². The summed E-state index contributed by atoms with van der Waals surface area (Å²) in [5, 5.41) is 12.2. The van der Waals surface area contributed by atoms with Gasteiger partial charge in [0.15, 0.2) is 0 Å². The fourth-order valence-corrected chi connectivity index (χ4v) is 2.02. The summed E-state index contributed by atoms with van der Waals surface area (Å²) in [4.78, 5) is 13.5. The van der Waals surface area contributed by atoms with Crippen LogP contribution in [0.3, 0.4) is 0 Å². The highest BCUT2D eigenvalue weighted by Crippen LogP contribution is 2.11. The van der Waals surface area contributed by atoms with Gasteiger partial charge in [-0.1, -0.05) is 6.42 Å². The van der Waals surface area contributed by atoms with Crippen molar-refractivity contribution in [2.45, 2.75) is 38.6 Å². The topological polar surface area (TPSA) is 52.6 Å². The van der Waals surface area contributed by atoms with Gasteiger partial charge in [0.25, 0.3) is 0 Å². The zero-order chi connectivity index (χ0) is 11.1. The molecule has 88 valence electrons. The molecule has 15 heavy (non-hydrogen) atoms. The van der Waals surface area contributed by atoms with Crippen molar-refractivity contribution >= 4 is 5.91 Å². The molecular weight excluding hydrogens is 192 g/mol. The normalized spacial score (nSPS) is 21.3. The minimum Gasteiger partial charge on any atom is -0.395 e. The monoisotopic (exact) mass is 214 g/mol. The van der Waals surface area contributed by atoms with Crippen LogP contribution in [0.4, 0.5) is 0 Å². The molecule has 1 aliphatic rings. The summed E-state index contributed by atoms with van der Waals surface area (Å²) in [7, 11) is 0. The van der Waals surface area contributed by atoms with Crippen molar-refractivity contribution in [3.05, 3.63) is 0 Å². The van der Waals surface area contributed by atoms with Crippen molar-refractivity contribution in [3.63, 3.8) is 0 Å². The van der Waals surface area contributed by atoms with E-state index >= 15 is 0 Å². The highest BCUT2D eigenvalue weighted by Gasteiger charge is 2.19. The van der Waals surface area contributed by atoms with Crippen molar-refractivity contribution in [3.8, 4) is 0 Å². The summed E-state index contributed by atoms with van der Waals surface area (Å²) in [5.74, 6) is 0.158. The molecule has 0 aromatic carbocycles. The molecular formula is C11H22N2O2. The smallest absolute Gasteiger partial charge is 0.224 e. The number of likely N-dealkylation sites (N-methyl/N-ethyl adjacent to an activating group) is 1. The SMILES string of the molecule is CCN(CCO)C(=O)CC1CCCCN1. The molecule has 1 unspecified atom stereocenters. The molecule has 0 aromatic rings.